The predicted molar refractivity (Wildman–Crippen MR) is 71.2 cm³/mol. The molecule has 2 rings (SSSR count). The van der Waals surface area contributed by atoms with Gasteiger partial charge in [-0.25, -0.2) is 0 Å². The first-order valence-corrected chi connectivity index (χ1v) is 7.22. The van der Waals surface area contributed by atoms with Crippen LogP contribution in [0.3, 0.4) is 0 Å². The number of nitrogens with zero attached hydrogens (tertiary/aromatic N) is 1. The molecule has 4 nitrogen and oxygen atoms in total. The van der Waals surface area contributed by atoms with Crippen molar-refractivity contribution in [3.05, 3.63) is 0 Å². The Labute approximate surface area is 110 Å². The number of aliphatic hydroxyl groups excluding tert-OH is 1. The maximum Gasteiger partial charge on any atom is 0.229 e. The summed E-state index contributed by atoms with van der Waals surface area (Å²) >= 11 is 0. The molecule has 1 atom stereocenters. The summed E-state index contributed by atoms with van der Waals surface area (Å²) in [6.07, 6.45) is 4.60. The molecule has 1 unspecified atom stereocenters. The van der Waals surface area contributed by atoms with Crippen molar-refractivity contribution in [3.8, 4) is 0 Å². The average Bonchev–Trinajstić information content (AvgIpc) is 2.76. The van der Waals surface area contributed by atoms with E-state index in [1.807, 2.05) is 11.9 Å². The van der Waals surface area contributed by atoms with Crippen molar-refractivity contribution in [2.45, 2.75) is 45.1 Å². The minimum absolute atomic E-state index is 0.128. The summed E-state index contributed by atoms with van der Waals surface area (Å²) < 4.78 is 0. The zero-order chi connectivity index (χ0) is 13.2. The van der Waals surface area contributed by atoms with Gasteiger partial charge in [0.05, 0.1) is 11.5 Å². The van der Waals surface area contributed by atoms with Crippen LogP contribution in [0.5, 0.6) is 0 Å². The van der Waals surface area contributed by atoms with Crippen molar-refractivity contribution >= 4 is 5.91 Å². The van der Waals surface area contributed by atoms with Crippen LogP contribution in [0.25, 0.3) is 0 Å². The molecule has 1 aliphatic heterocycles. The third kappa shape index (κ3) is 2.69. The smallest absolute Gasteiger partial charge is 0.229 e. The van der Waals surface area contributed by atoms with E-state index in [9.17, 15) is 9.90 Å². The van der Waals surface area contributed by atoms with E-state index >= 15 is 0 Å². The summed E-state index contributed by atoms with van der Waals surface area (Å²) in [5.74, 6) is 0.803. The number of aliphatic hydroxyl groups is 1. The first kappa shape index (κ1) is 13.8. The van der Waals surface area contributed by atoms with Crippen LogP contribution in [0.1, 0.15) is 39.0 Å². The average molecular weight is 254 g/mol. The van der Waals surface area contributed by atoms with Gasteiger partial charge in [-0.15, -0.1) is 0 Å². The molecule has 2 aliphatic rings. The van der Waals surface area contributed by atoms with E-state index in [1.165, 1.54) is 0 Å². The highest BCUT2D eigenvalue weighted by atomic mass is 16.3. The molecule has 0 aromatic heterocycles. The van der Waals surface area contributed by atoms with E-state index in [-0.39, 0.29) is 11.5 Å². The van der Waals surface area contributed by atoms with Gasteiger partial charge in [-0.3, -0.25) is 4.79 Å². The summed E-state index contributed by atoms with van der Waals surface area (Å²) in [6.45, 7) is 4.75. The van der Waals surface area contributed by atoms with Gasteiger partial charge in [0.1, 0.15) is 0 Å². The monoisotopic (exact) mass is 254 g/mol. The van der Waals surface area contributed by atoms with Gasteiger partial charge in [-0.2, -0.15) is 0 Å². The Bertz CT molecular complexity index is 294. The standard InChI is InChI=1S/C14H26N2O2/c1-3-4-14(5-6-15-10-14)13(18)16(2)9-11-7-12(17)8-11/h11-12,15,17H,3-10H2,1-2H3. The number of rotatable bonds is 5. The Kier molecular flexibility index (Phi) is 4.28. The zero-order valence-corrected chi connectivity index (χ0v) is 11.6. The van der Waals surface area contributed by atoms with E-state index in [1.54, 1.807) is 0 Å². The normalized spacial score (nSPS) is 35.3. The maximum absolute atomic E-state index is 12.6. The van der Waals surface area contributed by atoms with Crippen molar-refractivity contribution in [1.82, 2.24) is 10.2 Å². The summed E-state index contributed by atoms with van der Waals surface area (Å²) in [5, 5.41) is 12.6. The molecule has 104 valence electrons. The van der Waals surface area contributed by atoms with Gasteiger partial charge in [0.2, 0.25) is 5.91 Å². The lowest BCUT2D eigenvalue weighted by molar-refractivity contribution is -0.141. The lowest BCUT2D eigenvalue weighted by Gasteiger charge is -2.38. The lowest BCUT2D eigenvalue weighted by atomic mass is 9.79. The highest BCUT2D eigenvalue weighted by Gasteiger charge is 2.42. The van der Waals surface area contributed by atoms with Crippen molar-refractivity contribution in [2.24, 2.45) is 11.3 Å². The first-order valence-electron chi connectivity index (χ1n) is 7.22. The Balaban J connectivity index is 1.91. The fourth-order valence-electron chi connectivity index (χ4n) is 3.45. The minimum atomic E-state index is -0.161. The largest absolute Gasteiger partial charge is 0.393 e. The number of carbonyl (C=O) groups is 1. The van der Waals surface area contributed by atoms with Crippen LogP contribution in [-0.2, 0) is 4.79 Å². The second kappa shape index (κ2) is 5.57. The topological polar surface area (TPSA) is 52.6 Å². The van der Waals surface area contributed by atoms with E-state index in [0.29, 0.717) is 11.8 Å². The first-order chi connectivity index (χ1) is 8.57. The molecule has 1 saturated heterocycles. The van der Waals surface area contributed by atoms with Crippen molar-refractivity contribution in [3.63, 3.8) is 0 Å². The Morgan fingerprint density at radius 2 is 2.22 bits per heavy atom. The fourth-order valence-corrected chi connectivity index (χ4v) is 3.45. The molecule has 0 bridgehead atoms. The third-order valence-corrected chi connectivity index (χ3v) is 4.52. The van der Waals surface area contributed by atoms with Gasteiger partial charge < -0.3 is 15.3 Å². The highest BCUT2D eigenvalue weighted by Crippen LogP contribution is 2.34. The second-order valence-corrected chi connectivity index (χ2v) is 6.13. The fraction of sp³-hybridized carbons (Fsp3) is 0.929. The molecule has 2 N–H and O–H groups in total. The number of carbonyl (C=O) groups excluding carboxylic acids is 1. The SMILES string of the molecule is CCCC1(C(=O)N(C)CC2CC(O)C2)CCNC1. The Morgan fingerprint density at radius 1 is 1.50 bits per heavy atom. The van der Waals surface area contributed by atoms with Crippen LogP contribution < -0.4 is 5.32 Å². The van der Waals surface area contributed by atoms with Crippen molar-refractivity contribution in [1.29, 1.82) is 0 Å². The van der Waals surface area contributed by atoms with Crippen LogP contribution in [-0.4, -0.2) is 48.7 Å². The summed E-state index contributed by atoms with van der Waals surface area (Å²) in [7, 11) is 1.92. The van der Waals surface area contributed by atoms with Crippen LogP contribution in [0, 0.1) is 11.3 Å². The molecule has 2 fully saturated rings. The van der Waals surface area contributed by atoms with Crippen molar-refractivity contribution in [2.75, 3.05) is 26.7 Å². The number of hydrogen-bond acceptors (Lipinski definition) is 3. The molecule has 1 amide bonds. The molecule has 0 radical (unpaired) electrons. The van der Waals surface area contributed by atoms with Crippen LogP contribution in [0.2, 0.25) is 0 Å². The quantitative estimate of drug-likeness (QED) is 0.769. The number of amides is 1. The van der Waals surface area contributed by atoms with E-state index in [4.69, 9.17) is 0 Å². The summed E-state index contributed by atoms with van der Waals surface area (Å²) in [6, 6.07) is 0. The minimum Gasteiger partial charge on any atom is -0.393 e. The molecule has 1 aliphatic carbocycles. The highest BCUT2D eigenvalue weighted by molar-refractivity contribution is 5.83. The zero-order valence-electron chi connectivity index (χ0n) is 11.6. The number of nitrogens with one attached hydrogen (secondary N) is 1. The van der Waals surface area contributed by atoms with Gasteiger partial charge in [0, 0.05) is 20.1 Å². The van der Waals surface area contributed by atoms with Crippen LogP contribution in [0.15, 0.2) is 0 Å². The Hall–Kier alpha value is -0.610. The summed E-state index contributed by atoms with van der Waals surface area (Å²) in [4.78, 5) is 14.5. The molecule has 1 heterocycles. The van der Waals surface area contributed by atoms with Gasteiger partial charge in [0.15, 0.2) is 0 Å². The molecule has 18 heavy (non-hydrogen) atoms. The molecule has 4 heteroatoms. The third-order valence-electron chi connectivity index (χ3n) is 4.52. The maximum atomic E-state index is 12.6. The molecular weight excluding hydrogens is 228 g/mol. The van der Waals surface area contributed by atoms with Gasteiger partial charge in [-0.05, 0) is 38.1 Å². The molecular formula is C14H26N2O2. The number of hydrogen-bond donors (Lipinski definition) is 2. The Morgan fingerprint density at radius 3 is 2.72 bits per heavy atom. The van der Waals surface area contributed by atoms with E-state index < -0.39 is 0 Å². The second-order valence-electron chi connectivity index (χ2n) is 6.13. The lowest BCUT2D eigenvalue weighted by Crippen LogP contribution is -2.47. The van der Waals surface area contributed by atoms with E-state index in [0.717, 1.165) is 51.7 Å². The van der Waals surface area contributed by atoms with Gasteiger partial charge in [0.25, 0.3) is 0 Å². The molecule has 0 aromatic carbocycles. The van der Waals surface area contributed by atoms with Crippen LogP contribution >= 0.6 is 0 Å². The van der Waals surface area contributed by atoms with Gasteiger partial charge >= 0.3 is 0 Å². The van der Waals surface area contributed by atoms with Crippen LogP contribution in [0.4, 0.5) is 0 Å². The predicted octanol–water partition coefficient (Wildman–Crippen LogP) is 0.996. The van der Waals surface area contributed by atoms with Gasteiger partial charge in [-0.1, -0.05) is 13.3 Å². The molecule has 0 aromatic rings. The molecule has 0 spiro atoms. The summed E-state index contributed by atoms with van der Waals surface area (Å²) in [5.41, 5.74) is -0.161. The molecule has 1 saturated carbocycles. The van der Waals surface area contributed by atoms with Crippen molar-refractivity contribution < 1.29 is 9.90 Å². The van der Waals surface area contributed by atoms with E-state index in [2.05, 4.69) is 12.2 Å².